The fourth-order valence-electron chi connectivity index (χ4n) is 2.15. The number of nitrogens with two attached hydrogens (primary N) is 2. The highest BCUT2D eigenvalue weighted by molar-refractivity contribution is 9.10. The molecule has 27 heavy (non-hydrogen) atoms. The standard InChI is InChI=1S/C18H20BrN5O3/c1-11-5-3-4-6-14(11)23-16(25)10-27-17-13(19)7-12(8-15(17)26-2)9-22-24-18(20)21/h3-9H,10H2,1-2H3,(H,23,25)(H4,20,21,24). The number of guanidine groups is 1. The number of benzene rings is 2. The lowest BCUT2D eigenvalue weighted by atomic mass is 10.2. The van der Waals surface area contributed by atoms with Crippen LogP contribution in [0.15, 0.2) is 51.1 Å². The molecule has 2 rings (SSSR count). The number of amides is 1. The van der Waals surface area contributed by atoms with E-state index in [4.69, 9.17) is 20.9 Å². The van der Waals surface area contributed by atoms with Crippen molar-refractivity contribution in [3.8, 4) is 11.5 Å². The summed E-state index contributed by atoms with van der Waals surface area (Å²) in [6.07, 6.45) is 1.46. The van der Waals surface area contributed by atoms with Crippen molar-refractivity contribution in [1.29, 1.82) is 0 Å². The molecule has 0 radical (unpaired) electrons. The van der Waals surface area contributed by atoms with E-state index in [1.165, 1.54) is 13.3 Å². The highest BCUT2D eigenvalue weighted by Crippen LogP contribution is 2.36. The van der Waals surface area contributed by atoms with Crippen LogP contribution in [0.2, 0.25) is 0 Å². The van der Waals surface area contributed by atoms with Crippen LogP contribution in [0.4, 0.5) is 5.69 Å². The molecule has 5 N–H and O–H groups in total. The topological polar surface area (TPSA) is 124 Å². The largest absolute Gasteiger partial charge is 0.493 e. The number of hydrogen-bond donors (Lipinski definition) is 3. The van der Waals surface area contributed by atoms with Crippen LogP contribution in [0.5, 0.6) is 11.5 Å². The minimum atomic E-state index is -0.281. The number of hydrogen-bond acceptors (Lipinski definition) is 5. The summed E-state index contributed by atoms with van der Waals surface area (Å²) >= 11 is 3.40. The quantitative estimate of drug-likeness (QED) is 0.351. The molecule has 9 heteroatoms. The van der Waals surface area contributed by atoms with Gasteiger partial charge in [0.15, 0.2) is 18.1 Å². The van der Waals surface area contributed by atoms with Crippen molar-refractivity contribution in [2.24, 2.45) is 21.7 Å². The number of nitrogens with one attached hydrogen (secondary N) is 1. The monoisotopic (exact) mass is 433 g/mol. The molecule has 0 aliphatic heterocycles. The Morgan fingerprint density at radius 1 is 1.30 bits per heavy atom. The molecule has 0 unspecified atom stereocenters. The Morgan fingerprint density at radius 3 is 2.70 bits per heavy atom. The first-order valence-electron chi connectivity index (χ1n) is 7.88. The van der Waals surface area contributed by atoms with Crippen molar-refractivity contribution in [3.05, 3.63) is 52.0 Å². The van der Waals surface area contributed by atoms with Gasteiger partial charge in [-0.1, -0.05) is 18.2 Å². The molecule has 2 aromatic rings. The summed E-state index contributed by atoms with van der Waals surface area (Å²) in [7, 11) is 1.50. The van der Waals surface area contributed by atoms with Crippen molar-refractivity contribution in [1.82, 2.24) is 0 Å². The first kappa shape index (κ1) is 20.2. The number of nitrogens with zero attached hydrogens (tertiary/aromatic N) is 2. The lowest BCUT2D eigenvalue weighted by Crippen LogP contribution is -2.21. The third kappa shape index (κ3) is 6.00. The zero-order valence-electron chi connectivity index (χ0n) is 14.9. The minimum Gasteiger partial charge on any atom is -0.493 e. The van der Waals surface area contributed by atoms with E-state index in [0.29, 0.717) is 21.5 Å². The third-order valence-corrected chi connectivity index (χ3v) is 3.99. The zero-order chi connectivity index (χ0) is 19.8. The fourth-order valence-corrected chi connectivity index (χ4v) is 2.73. The van der Waals surface area contributed by atoms with Gasteiger partial charge in [-0.2, -0.15) is 5.10 Å². The third-order valence-electron chi connectivity index (χ3n) is 3.40. The van der Waals surface area contributed by atoms with Crippen molar-refractivity contribution in [3.63, 3.8) is 0 Å². The Balaban J connectivity index is 2.09. The molecule has 2 aromatic carbocycles. The lowest BCUT2D eigenvalue weighted by Gasteiger charge is -2.14. The van der Waals surface area contributed by atoms with E-state index < -0.39 is 0 Å². The van der Waals surface area contributed by atoms with Crippen molar-refractivity contribution in [2.45, 2.75) is 6.92 Å². The van der Waals surface area contributed by atoms with Gasteiger partial charge in [0.1, 0.15) is 0 Å². The van der Waals surface area contributed by atoms with Gasteiger partial charge < -0.3 is 26.3 Å². The second-order valence-corrected chi connectivity index (χ2v) is 6.31. The number of methoxy groups -OCH3 is 1. The molecule has 0 spiro atoms. The highest BCUT2D eigenvalue weighted by Gasteiger charge is 2.13. The second kappa shape index (κ2) is 9.58. The molecular formula is C18H20BrN5O3. The van der Waals surface area contributed by atoms with Crippen LogP contribution in [0, 0.1) is 6.92 Å². The Hall–Kier alpha value is -3.07. The molecule has 1 amide bonds. The molecule has 0 heterocycles. The van der Waals surface area contributed by atoms with Gasteiger partial charge in [0, 0.05) is 5.69 Å². The summed E-state index contributed by atoms with van der Waals surface area (Å²) < 4.78 is 11.6. The van der Waals surface area contributed by atoms with Crippen LogP contribution in [0.1, 0.15) is 11.1 Å². The number of anilines is 1. The van der Waals surface area contributed by atoms with Crippen molar-refractivity contribution in [2.75, 3.05) is 19.0 Å². The van der Waals surface area contributed by atoms with Gasteiger partial charge in [-0.3, -0.25) is 4.79 Å². The van der Waals surface area contributed by atoms with Gasteiger partial charge in [0.2, 0.25) is 5.96 Å². The molecule has 0 atom stereocenters. The van der Waals surface area contributed by atoms with Gasteiger partial charge in [-0.05, 0) is 52.2 Å². The summed E-state index contributed by atoms with van der Waals surface area (Å²) in [5.74, 6) is 0.407. The van der Waals surface area contributed by atoms with E-state index in [9.17, 15) is 4.79 Å². The number of carbonyl (C=O) groups is 1. The first-order chi connectivity index (χ1) is 12.9. The van der Waals surface area contributed by atoms with E-state index in [-0.39, 0.29) is 18.5 Å². The number of carbonyl (C=O) groups excluding carboxylic acids is 1. The summed E-state index contributed by atoms with van der Waals surface area (Å²) in [5.41, 5.74) is 12.8. The summed E-state index contributed by atoms with van der Waals surface area (Å²) in [6, 6.07) is 10.9. The van der Waals surface area contributed by atoms with E-state index in [0.717, 1.165) is 11.3 Å². The number of rotatable bonds is 7. The van der Waals surface area contributed by atoms with Gasteiger partial charge in [-0.25, -0.2) is 0 Å². The average molecular weight is 434 g/mol. The summed E-state index contributed by atoms with van der Waals surface area (Å²) in [4.78, 5) is 12.2. The van der Waals surface area contributed by atoms with Crippen LogP contribution in [0.25, 0.3) is 0 Å². The molecule has 0 aliphatic carbocycles. The minimum absolute atomic E-state index is 0.142. The van der Waals surface area contributed by atoms with Gasteiger partial charge in [-0.15, -0.1) is 5.10 Å². The number of para-hydroxylation sites is 1. The Labute approximate surface area is 165 Å². The average Bonchev–Trinajstić information content (AvgIpc) is 2.62. The predicted octanol–water partition coefficient (Wildman–Crippen LogP) is 2.39. The fraction of sp³-hybridized carbons (Fsp3) is 0.167. The highest BCUT2D eigenvalue weighted by atomic mass is 79.9. The number of ether oxygens (including phenoxy) is 2. The molecule has 0 saturated carbocycles. The maximum absolute atomic E-state index is 12.2. The Bertz CT molecular complexity index is 879. The van der Waals surface area contributed by atoms with Crippen LogP contribution < -0.4 is 26.3 Å². The van der Waals surface area contributed by atoms with Gasteiger partial charge >= 0.3 is 0 Å². The van der Waals surface area contributed by atoms with E-state index >= 15 is 0 Å². The SMILES string of the molecule is COc1cc(C=NN=C(N)N)cc(Br)c1OCC(=O)Nc1ccccc1C. The van der Waals surface area contributed by atoms with E-state index in [2.05, 4.69) is 31.4 Å². The summed E-state index contributed by atoms with van der Waals surface area (Å²) in [6.45, 7) is 1.74. The van der Waals surface area contributed by atoms with Crippen LogP contribution in [-0.2, 0) is 4.79 Å². The Morgan fingerprint density at radius 2 is 2.04 bits per heavy atom. The molecule has 8 nitrogen and oxygen atoms in total. The summed E-state index contributed by atoms with van der Waals surface area (Å²) in [5, 5.41) is 10.1. The zero-order valence-corrected chi connectivity index (χ0v) is 16.5. The van der Waals surface area contributed by atoms with Crippen LogP contribution >= 0.6 is 15.9 Å². The number of halogens is 1. The Kier molecular flexibility index (Phi) is 7.18. The first-order valence-corrected chi connectivity index (χ1v) is 8.67. The maximum Gasteiger partial charge on any atom is 0.262 e. The molecule has 0 bridgehead atoms. The molecule has 0 aliphatic rings. The lowest BCUT2D eigenvalue weighted by molar-refractivity contribution is -0.118. The maximum atomic E-state index is 12.2. The molecular weight excluding hydrogens is 414 g/mol. The van der Waals surface area contributed by atoms with Crippen LogP contribution in [-0.4, -0.2) is 31.8 Å². The second-order valence-electron chi connectivity index (χ2n) is 5.46. The smallest absolute Gasteiger partial charge is 0.262 e. The molecule has 0 fully saturated rings. The van der Waals surface area contributed by atoms with Gasteiger partial charge in [0.05, 0.1) is 17.8 Å². The van der Waals surface area contributed by atoms with Crippen molar-refractivity contribution >= 4 is 39.7 Å². The van der Waals surface area contributed by atoms with E-state index in [1.54, 1.807) is 12.1 Å². The molecule has 142 valence electrons. The molecule has 0 aromatic heterocycles. The van der Waals surface area contributed by atoms with Crippen molar-refractivity contribution < 1.29 is 14.3 Å². The van der Waals surface area contributed by atoms with E-state index in [1.807, 2.05) is 31.2 Å². The predicted molar refractivity (Wildman–Crippen MR) is 109 cm³/mol. The molecule has 0 saturated heterocycles. The van der Waals surface area contributed by atoms with Crippen LogP contribution in [0.3, 0.4) is 0 Å². The normalized spacial score (nSPS) is 10.5. The number of aryl methyl sites for hydroxylation is 1. The van der Waals surface area contributed by atoms with Gasteiger partial charge in [0.25, 0.3) is 5.91 Å².